The molecule has 2 N–H and O–H groups in total. The molecule has 0 saturated carbocycles. The first-order chi connectivity index (χ1) is 7.06. The molecule has 0 unspecified atom stereocenters. The zero-order chi connectivity index (χ0) is 11.1. The molecular weight excluding hydrogens is 186 g/mol. The molecule has 0 amide bonds. The van der Waals surface area contributed by atoms with E-state index in [1.54, 1.807) is 0 Å². The molecule has 15 heavy (non-hydrogen) atoms. The van der Waals surface area contributed by atoms with Crippen LogP contribution in [0.2, 0.25) is 0 Å². The molecule has 0 spiro atoms. The highest BCUT2D eigenvalue weighted by molar-refractivity contribution is 5.89. The van der Waals surface area contributed by atoms with Crippen LogP contribution in [0.4, 0.5) is 5.69 Å². The fourth-order valence-corrected chi connectivity index (χ4v) is 1.72. The van der Waals surface area contributed by atoms with Gasteiger partial charge in [-0.25, -0.2) is 4.98 Å². The van der Waals surface area contributed by atoms with Gasteiger partial charge in [0.15, 0.2) is 0 Å². The van der Waals surface area contributed by atoms with E-state index < -0.39 is 0 Å². The van der Waals surface area contributed by atoms with Crippen molar-refractivity contribution in [2.75, 3.05) is 5.73 Å². The third-order valence-corrected chi connectivity index (χ3v) is 3.11. The summed E-state index contributed by atoms with van der Waals surface area (Å²) in [7, 11) is 0. The SMILES string of the molecule is CCC(C)(C)n1cc(N)c2cccnc21. The number of nitrogen functional groups attached to an aromatic ring is 1. The van der Waals surface area contributed by atoms with E-state index in [0.717, 1.165) is 23.1 Å². The third kappa shape index (κ3) is 1.48. The van der Waals surface area contributed by atoms with E-state index in [1.807, 2.05) is 24.5 Å². The lowest BCUT2D eigenvalue weighted by atomic mass is 10.0. The molecule has 0 aliphatic carbocycles. The number of pyridine rings is 1. The highest BCUT2D eigenvalue weighted by Crippen LogP contribution is 2.29. The standard InChI is InChI=1S/C12H17N3/c1-4-12(2,3)15-8-10(13)9-6-5-7-14-11(9)15/h5-8H,4,13H2,1-3H3. The quantitative estimate of drug-likeness (QED) is 0.815. The summed E-state index contributed by atoms with van der Waals surface area (Å²) in [6.45, 7) is 6.56. The summed E-state index contributed by atoms with van der Waals surface area (Å²) in [6.07, 6.45) is 4.85. The fourth-order valence-electron chi connectivity index (χ4n) is 1.72. The number of fused-ring (bicyclic) bond motifs is 1. The fraction of sp³-hybridized carbons (Fsp3) is 0.417. The summed E-state index contributed by atoms with van der Waals surface area (Å²) in [5.41, 5.74) is 7.81. The Bertz CT molecular complexity index is 483. The normalized spacial score (nSPS) is 12.2. The lowest BCUT2D eigenvalue weighted by molar-refractivity contribution is 0.352. The molecule has 0 radical (unpaired) electrons. The van der Waals surface area contributed by atoms with Gasteiger partial charge in [0.2, 0.25) is 0 Å². The smallest absolute Gasteiger partial charge is 0.142 e. The minimum atomic E-state index is 0.0597. The second kappa shape index (κ2) is 3.26. The molecule has 0 atom stereocenters. The second-order valence-corrected chi connectivity index (χ2v) is 4.50. The van der Waals surface area contributed by atoms with Crippen LogP contribution in [0.1, 0.15) is 27.2 Å². The van der Waals surface area contributed by atoms with Crippen molar-refractivity contribution < 1.29 is 0 Å². The van der Waals surface area contributed by atoms with Crippen LogP contribution in [0.3, 0.4) is 0 Å². The minimum Gasteiger partial charge on any atom is -0.397 e. The van der Waals surface area contributed by atoms with Crippen molar-refractivity contribution in [3.8, 4) is 0 Å². The number of hydrogen-bond donors (Lipinski definition) is 1. The van der Waals surface area contributed by atoms with Gasteiger partial charge in [-0.15, -0.1) is 0 Å². The summed E-state index contributed by atoms with van der Waals surface area (Å²) >= 11 is 0. The molecule has 2 rings (SSSR count). The van der Waals surface area contributed by atoms with Gasteiger partial charge in [0, 0.05) is 23.3 Å². The van der Waals surface area contributed by atoms with Gasteiger partial charge in [0.1, 0.15) is 5.65 Å². The van der Waals surface area contributed by atoms with Crippen molar-refractivity contribution in [3.63, 3.8) is 0 Å². The molecule has 0 aliphatic heterocycles. The molecule has 2 aromatic rings. The van der Waals surface area contributed by atoms with E-state index in [1.165, 1.54) is 0 Å². The number of anilines is 1. The summed E-state index contributed by atoms with van der Waals surface area (Å²) < 4.78 is 2.16. The van der Waals surface area contributed by atoms with Crippen LogP contribution in [0.25, 0.3) is 11.0 Å². The van der Waals surface area contributed by atoms with E-state index in [4.69, 9.17) is 5.73 Å². The van der Waals surface area contributed by atoms with Gasteiger partial charge < -0.3 is 10.3 Å². The van der Waals surface area contributed by atoms with Crippen molar-refractivity contribution in [2.45, 2.75) is 32.7 Å². The van der Waals surface area contributed by atoms with Crippen molar-refractivity contribution in [3.05, 3.63) is 24.5 Å². The maximum Gasteiger partial charge on any atom is 0.142 e. The predicted molar refractivity (Wildman–Crippen MR) is 63.8 cm³/mol. The largest absolute Gasteiger partial charge is 0.397 e. The Hall–Kier alpha value is -1.51. The molecule has 0 saturated heterocycles. The van der Waals surface area contributed by atoms with Crippen LogP contribution in [0.5, 0.6) is 0 Å². The Morgan fingerprint density at radius 3 is 2.87 bits per heavy atom. The van der Waals surface area contributed by atoms with Crippen molar-refractivity contribution >= 4 is 16.7 Å². The predicted octanol–water partition coefficient (Wildman–Crippen LogP) is 2.76. The van der Waals surface area contributed by atoms with E-state index in [-0.39, 0.29) is 5.54 Å². The zero-order valence-electron chi connectivity index (χ0n) is 9.49. The number of aromatic nitrogens is 2. The van der Waals surface area contributed by atoms with Crippen LogP contribution >= 0.6 is 0 Å². The van der Waals surface area contributed by atoms with E-state index >= 15 is 0 Å². The van der Waals surface area contributed by atoms with E-state index in [9.17, 15) is 0 Å². The summed E-state index contributed by atoms with van der Waals surface area (Å²) in [4.78, 5) is 4.40. The summed E-state index contributed by atoms with van der Waals surface area (Å²) in [5.74, 6) is 0. The molecule has 3 heteroatoms. The van der Waals surface area contributed by atoms with Gasteiger partial charge in [-0.05, 0) is 32.4 Å². The molecule has 80 valence electrons. The zero-order valence-corrected chi connectivity index (χ0v) is 9.49. The van der Waals surface area contributed by atoms with E-state index in [2.05, 4.69) is 30.3 Å². The van der Waals surface area contributed by atoms with Crippen molar-refractivity contribution in [1.82, 2.24) is 9.55 Å². The Labute approximate surface area is 89.9 Å². The molecule has 3 nitrogen and oxygen atoms in total. The van der Waals surface area contributed by atoms with Gasteiger partial charge in [-0.1, -0.05) is 6.92 Å². The minimum absolute atomic E-state index is 0.0597. The first kappa shape index (κ1) is 10.0. The molecule has 0 fully saturated rings. The lowest BCUT2D eigenvalue weighted by Gasteiger charge is -2.25. The van der Waals surface area contributed by atoms with Gasteiger partial charge in [-0.2, -0.15) is 0 Å². The van der Waals surface area contributed by atoms with Crippen LogP contribution < -0.4 is 5.73 Å². The topological polar surface area (TPSA) is 43.8 Å². The van der Waals surface area contributed by atoms with Crippen LogP contribution in [-0.4, -0.2) is 9.55 Å². The highest BCUT2D eigenvalue weighted by Gasteiger charge is 2.21. The molecule has 0 aromatic carbocycles. The molecule has 2 heterocycles. The average molecular weight is 203 g/mol. The van der Waals surface area contributed by atoms with Gasteiger partial charge in [-0.3, -0.25) is 0 Å². The monoisotopic (exact) mass is 203 g/mol. The Morgan fingerprint density at radius 1 is 1.47 bits per heavy atom. The van der Waals surface area contributed by atoms with Crippen LogP contribution in [-0.2, 0) is 5.54 Å². The average Bonchev–Trinajstić information content (AvgIpc) is 2.58. The van der Waals surface area contributed by atoms with Gasteiger partial charge in [0.25, 0.3) is 0 Å². The van der Waals surface area contributed by atoms with Gasteiger partial charge >= 0.3 is 0 Å². The number of rotatable bonds is 2. The highest BCUT2D eigenvalue weighted by atomic mass is 15.1. The molecular formula is C12H17N3. The number of nitrogens with zero attached hydrogens (tertiary/aromatic N) is 2. The summed E-state index contributed by atoms with van der Waals surface area (Å²) in [6, 6.07) is 3.93. The Balaban J connectivity index is 2.72. The Kier molecular flexibility index (Phi) is 2.18. The second-order valence-electron chi connectivity index (χ2n) is 4.50. The first-order valence-corrected chi connectivity index (χ1v) is 5.28. The maximum absolute atomic E-state index is 5.97. The first-order valence-electron chi connectivity index (χ1n) is 5.28. The van der Waals surface area contributed by atoms with E-state index in [0.29, 0.717) is 0 Å². The maximum atomic E-state index is 5.97. The third-order valence-electron chi connectivity index (χ3n) is 3.11. The van der Waals surface area contributed by atoms with Crippen LogP contribution in [0.15, 0.2) is 24.5 Å². The van der Waals surface area contributed by atoms with Gasteiger partial charge in [0.05, 0.1) is 5.69 Å². The summed E-state index contributed by atoms with van der Waals surface area (Å²) in [5, 5.41) is 1.04. The van der Waals surface area contributed by atoms with Crippen LogP contribution in [0, 0.1) is 0 Å². The van der Waals surface area contributed by atoms with Crippen molar-refractivity contribution in [1.29, 1.82) is 0 Å². The lowest BCUT2D eigenvalue weighted by Crippen LogP contribution is -2.24. The molecule has 0 aliphatic rings. The molecule has 0 bridgehead atoms. The Morgan fingerprint density at radius 2 is 2.20 bits per heavy atom. The van der Waals surface area contributed by atoms with Crippen molar-refractivity contribution in [2.24, 2.45) is 0 Å². The number of nitrogens with two attached hydrogens (primary N) is 1. The number of hydrogen-bond acceptors (Lipinski definition) is 2. The molecule has 2 aromatic heterocycles.